The van der Waals surface area contributed by atoms with Gasteiger partial charge in [-0.2, -0.15) is 0 Å². The standard InChI is InChI=1S/C19H27N3O2/c1-19(2,20)18(24)22-11-15(13-4-3-5-14(23)10-13)17-16(22)12-6-8-21(17)9-7-12/h3-5,10,12,15-17,23H,6-9,11,20H2,1-2H3/t15-,16+,17+/m0/s1. The summed E-state index contributed by atoms with van der Waals surface area (Å²) in [5.41, 5.74) is 6.43. The lowest BCUT2D eigenvalue weighted by Gasteiger charge is -2.51. The first-order chi connectivity index (χ1) is 11.4. The van der Waals surface area contributed by atoms with Crippen molar-refractivity contribution in [3.63, 3.8) is 0 Å². The second kappa shape index (κ2) is 5.46. The number of fused-ring (bicyclic) bond motifs is 2. The molecule has 0 unspecified atom stereocenters. The van der Waals surface area contributed by atoms with Gasteiger partial charge in [0.05, 0.1) is 11.6 Å². The van der Waals surface area contributed by atoms with E-state index in [4.69, 9.17) is 5.73 Å². The van der Waals surface area contributed by atoms with Crippen molar-refractivity contribution in [3.8, 4) is 5.75 Å². The second-order valence-corrected chi connectivity index (χ2v) is 8.24. The Balaban J connectivity index is 1.73. The Hall–Kier alpha value is -1.59. The van der Waals surface area contributed by atoms with E-state index in [1.54, 1.807) is 19.9 Å². The molecule has 0 radical (unpaired) electrons. The molecule has 4 saturated heterocycles. The molecular weight excluding hydrogens is 302 g/mol. The molecule has 24 heavy (non-hydrogen) atoms. The van der Waals surface area contributed by atoms with Gasteiger partial charge < -0.3 is 15.7 Å². The Labute approximate surface area is 143 Å². The number of hydrogen-bond donors (Lipinski definition) is 2. The lowest BCUT2D eigenvalue weighted by molar-refractivity contribution is -0.140. The molecule has 3 atom stereocenters. The van der Waals surface area contributed by atoms with Crippen LogP contribution < -0.4 is 5.73 Å². The van der Waals surface area contributed by atoms with Crippen molar-refractivity contribution in [1.82, 2.24) is 9.80 Å². The van der Waals surface area contributed by atoms with Gasteiger partial charge in [-0.15, -0.1) is 0 Å². The Bertz CT molecular complexity index is 646. The summed E-state index contributed by atoms with van der Waals surface area (Å²) in [5.74, 6) is 1.17. The Morgan fingerprint density at radius 2 is 1.96 bits per heavy atom. The van der Waals surface area contributed by atoms with E-state index in [0.717, 1.165) is 18.7 Å². The van der Waals surface area contributed by atoms with Crippen LogP contribution in [0.3, 0.4) is 0 Å². The van der Waals surface area contributed by atoms with Gasteiger partial charge in [0.2, 0.25) is 5.91 Å². The van der Waals surface area contributed by atoms with Crippen LogP contribution in [0.4, 0.5) is 0 Å². The molecule has 4 aliphatic heterocycles. The van der Waals surface area contributed by atoms with Gasteiger partial charge >= 0.3 is 0 Å². The molecule has 2 bridgehead atoms. The number of phenols is 1. The molecule has 4 fully saturated rings. The Morgan fingerprint density at radius 3 is 2.58 bits per heavy atom. The quantitative estimate of drug-likeness (QED) is 0.863. The number of likely N-dealkylation sites (tertiary alicyclic amines) is 1. The van der Waals surface area contributed by atoms with Gasteiger partial charge in [0.1, 0.15) is 5.75 Å². The maximum atomic E-state index is 13.0. The normalized spacial score (nSPS) is 35.1. The van der Waals surface area contributed by atoms with Crippen molar-refractivity contribution < 1.29 is 9.90 Å². The highest BCUT2D eigenvalue weighted by Gasteiger charge is 2.55. The van der Waals surface area contributed by atoms with E-state index in [2.05, 4.69) is 15.9 Å². The van der Waals surface area contributed by atoms with E-state index in [0.29, 0.717) is 24.3 Å². The van der Waals surface area contributed by atoms with Gasteiger partial charge in [0.25, 0.3) is 0 Å². The molecule has 1 aromatic rings. The van der Waals surface area contributed by atoms with Crippen molar-refractivity contribution in [2.24, 2.45) is 11.7 Å². The first kappa shape index (κ1) is 15.9. The smallest absolute Gasteiger partial charge is 0.242 e. The van der Waals surface area contributed by atoms with Crippen molar-refractivity contribution >= 4 is 5.91 Å². The minimum Gasteiger partial charge on any atom is -0.508 e. The van der Waals surface area contributed by atoms with Crippen molar-refractivity contribution in [3.05, 3.63) is 29.8 Å². The van der Waals surface area contributed by atoms with E-state index in [1.165, 1.54) is 12.8 Å². The molecule has 5 rings (SSSR count). The lowest BCUT2D eigenvalue weighted by Crippen LogP contribution is -2.63. The molecule has 0 spiro atoms. The van der Waals surface area contributed by atoms with E-state index in [1.807, 2.05) is 12.1 Å². The topological polar surface area (TPSA) is 69.8 Å². The van der Waals surface area contributed by atoms with Crippen LogP contribution in [-0.2, 0) is 4.79 Å². The average molecular weight is 329 g/mol. The van der Waals surface area contributed by atoms with Crippen molar-refractivity contribution in [2.75, 3.05) is 19.6 Å². The summed E-state index contributed by atoms with van der Waals surface area (Å²) < 4.78 is 0. The summed E-state index contributed by atoms with van der Waals surface area (Å²) in [6.07, 6.45) is 2.34. The van der Waals surface area contributed by atoms with Crippen LogP contribution in [0.1, 0.15) is 38.2 Å². The molecule has 1 aromatic carbocycles. The SMILES string of the molecule is CC(C)(N)C(=O)N1C[C@@H](c2cccc(O)c2)[C@@H]2[C@H]1C1CCN2CC1. The van der Waals surface area contributed by atoms with E-state index >= 15 is 0 Å². The van der Waals surface area contributed by atoms with Gasteiger partial charge in [-0.1, -0.05) is 12.1 Å². The summed E-state index contributed by atoms with van der Waals surface area (Å²) in [5, 5.41) is 9.89. The van der Waals surface area contributed by atoms with E-state index < -0.39 is 5.54 Å². The Morgan fingerprint density at radius 1 is 1.25 bits per heavy atom. The van der Waals surface area contributed by atoms with Gasteiger partial charge in [-0.05, 0) is 63.4 Å². The minimum absolute atomic E-state index is 0.0499. The fourth-order valence-corrected chi connectivity index (χ4v) is 5.07. The van der Waals surface area contributed by atoms with Crippen LogP contribution in [-0.4, -0.2) is 58.1 Å². The van der Waals surface area contributed by atoms with Crippen molar-refractivity contribution in [2.45, 2.75) is 50.2 Å². The van der Waals surface area contributed by atoms with Crippen LogP contribution in [0, 0.1) is 5.92 Å². The molecule has 1 amide bonds. The first-order valence-electron chi connectivity index (χ1n) is 8.99. The number of hydrogen-bond acceptors (Lipinski definition) is 4. The molecule has 0 saturated carbocycles. The molecule has 5 nitrogen and oxygen atoms in total. The highest BCUT2D eigenvalue weighted by molar-refractivity contribution is 5.86. The molecular formula is C19H27N3O2. The number of benzene rings is 1. The molecule has 4 heterocycles. The van der Waals surface area contributed by atoms with Crippen LogP contribution in [0.2, 0.25) is 0 Å². The van der Waals surface area contributed by atoms with Crippen LogP contribution in [0.15, 0.2) is 24.3 Å². The third-order valence-corrected chi connectivity index (χ3v) is 6.10. The highest BCUT2D eigenvalue weighted by Crippen LogP contribution is 2.47. The summed E-state index contributed by atoms with van der Waals surface area (Å²) >= 11 is 0. The largest absolute Gasteiger partial charge is 0.508 e. The fourth-order valence-electron chi connectivity index (χ4n) is 5.07. The predicted molar refractivity (Wildman–Crippen MR) is 92.7 cm³/mol. The number of piperidine rings is 3. The highest BCUT2D eigenvalue weighted by atomic mass is 16.3. The molecule has 5 heteroatoms. The molecule has 4 aliphatic rings. The van der Waals surface area contributed by atoms with Gasteiger partial charge in [0, 0.05) is 18.5 Å². The summed E-state index contributed by atoms with van der Waals surface area (Å²) in [6.45, 7) is 6.54. The number of phenolic OH excluding ortho intramolecular Hbond substituents is 1. The summed E-state index contributed by atoms with van der Waals surface area (Å²) in [7, 11) is 0. The summed E-state index contributed by atoms with van der Waals surface area (Å²) in [4.78, 5) is 17.6. The van der Waals surface area contributed by atoms with Crippen LogP contribution in [0.25, 0.3) is 0 Å². The number of carbonyl (C=O) groups is 1. The van der Waals surface area contributed by atoms with Gasteiger partial charge in [0.15, 0.2) is 0 Å². The van der Waals surface area contributed by atoms with Crippen molar-refractivity contribution in [1.29, 1.82) is 0 Å². The number of aromatic hydroxyl groups is 1. The zero-order valence-corrected chi connectivity index (χ0v) is 14.5. The first-order valence-corrected chi connectivity index (χ1v) is 8.99. The third-order valence-electron chi connectivity index (χ3n) is 6.10. The number of rotatable bonds is 2. The Kier molecular flexibility index (Phi) is 3.62. The fraction of sp³-hybridized carbons (Fsp3) is 0.632. The third kappa shape index (κ3) is 2.42. The van der Waals surface area contributed by atoms with Crippen LogP contribution >= 0.6 is 0 Å². The predicted octanol–water partition coefficient (Wildman–Crippen LogP) is 1.52. The van der Waals surface area contributed by atoms with Gasteiger partial charge in [-0.25, -0.2) is 0 Å². The average Bonchev–Trinajstić information content (AvgIpc) is 2.97. The van der Waals surface area contributed by atoms with E-state index in [9.17, 15) is 9.90 Å². The molecule has 3 N–H and O–H groups in total. The number of amides is 1. The summed E-state index contributed by atoms with van der Waals surface area (Å²) in [6, 6.07) is 8.14. The maximum Gasteiger partial charge on any atom is 0.242 e. The number of carbonyl (C=O) groups excluding carboxylic acids is 1. The van der Waals surface area contributed by atoms with E-state index in [-0.39, 0.29) is 17.9 Å². The zero-order valence-electron chi connectivity index (χ0n) is 14.5. The second-order valence-electron chi connectivity index (χ2n) is 8.24. The molecule has 0 aliphatic carbocycles. The van der Waals surface area contributed by atoms with Gasteiger partial charge in [-0.3, -0.25) is 9.69 Å². The molecule has 130 valence electrons. The lowest BCUT2D eigenvalue weighted by atomic mass is 9.75. The zero-order chi connectivity index (χ0) is 17.1. The number of nitrogens with zero attached hydrogens (tertiary/aromatic N) is 2. The monoisotopic (exact) mass is 329 g/mol. The number of nitrogens with two attached hydrogens (primary N) is 1. The molecule has 0 aromatic heterocycles. The minimum atomic E-state index is -0.843. The maximum absolute atomic E-state index is 13.0. The van der Waals surface area contributed by atoms with Crippen LogP contribution in [0.5, 0.6) is 5.75 Å².